The van der Waals surface area contributed by atoms with Gasteiger partial charge in [0.2, 0.25) is 0 Å². The Bertz CT molecular complexity index is 929. The zero-order valence-corrected chi connectivity index (χ0v) is 17.9. The Morgan fingerprint density at radius 3 is 2.45 bits per heavy atom. The number of methoxy groups -OCH3 is 1. The molecular formula is C20H19IN2O6. The van der Waals surface area contributed by atoms with E-state index in [0.29, 0.717) is 20.6 Å². The first-order valence-electron chi connectivity index (χ1n) is 9.19. The fourth-order valence-electron chi connectivity index (χ4n) is 4.28. The van der Waals surface area contributed by atoms with Crippen molar-refractivity contribution in [2.24, 2.45) is 28.8 Å². The van der Waals surface area contributed by atoms with Crippen LogP contribution in [0.4, 0.5) is 0 Å². The smallest absolute Gasteiger partial charge is 0.344 e. The summed E-state index contributed by atoms with van der Waals surface area (Å²) in [6.07, 6.45) is 5.33. The van der Waals surface area contributed by atoms with E-state index in [2.05, 4.69) is 5.10 Å². The molecule has 1 aromatic carbocycles. The molecule has 2 amide bonds. The minimum Gasteiger partial charge on any atom is -0.493 e. The van der Waals surface area contributed by atoms with Gasteiger partial charge in [-0.2, -0.15) is 10.1 Å². The zero-order valence-electron chi connectivity index (χ0n) is 15.7. The van der Waals surface area contributed by atoms with Crippen molar-refractivity contribution in [3.63, 3.8) is 0 Å². The third-order valence-corrected chi connectivity index (χ3v) is 6.46. The largest absolute Gasteiger partial charge is 0.493 e. The van der Waals surface area contributed by atoms with E-state index < -0.39 is 12.1 Å². The van der Waals surface area contributed by atoms with Crippen LogP contribution in [-0.4, -0.2) is 47.3 Å². The number of carbonyl (C=O) groups excluding carboxylic acids is 2. The highest BCUT2D eigenvalue weighted by Crippen LogP contribution is 2.52. The number of hydrogen-bond donors (Lipinski definition) is 1. The molecule has 152 valence electrons. The summed E-state index contributed by atoms with van der Waals surface area (Å²) in [5.41, 5.74) is 0.598. The highest BCUT2D eigenvalue weighted by Gasteiger charge is 2.59. The van der Waals surface area contributed by atoms with E-state index >= 15 is 0 Å². The topological polar surface area (TPSA) is 106 Å². The Hall–Kier alpha value is -2.43. The van der Waals surface area contributed by atoms with E-state index in [1.54, 1.807) is 12.1 Å². The molecule has 9 heteroatoms. The van der Waals surface area contributed by atoms with Crippen LogP contribution < -0.4 is 9.47 Å². The minimum absolute atomic E-state index is 0.135. The van der Waals surface area contributed by atoms with Gasteiger partial charge >= 0.3 is 5.97 Å². The maximum Gasteiger partial charge on any atom is 0.344 e. The van der Waals surface area contributed by atoms with Crippen molar-refractivity contribution in [1.82, 2.24) is 5.01 Å². The number of ether oxygens (including phenoxy) is 2. The molecule has 1 saturated heterocycles. The Morgan fingerprint density at radius 1 is 1.28 bits per heavy atom. The van der Waals surface area contributed by atoms with Crippen LogP contribution in [-0.2, 0) is 14.4 Å². The van der Waals surface area contributed by atoms with Crippen molar-refractivity contribution in [2.75, 3.05) is 7.11 Å². The number of nitrogens with zero attached hydrogens (tertiary/aromatic N) is 2. The lowest BCUT2D eigenvalue weighted by molar-refractivity contribution is -0.144. The summed E-state index contributed by atoms with van der Waals surface area (Å²) in [4.78, 5) is 36.4. The monoisotopic (exact) mass is 510 g/mol. The first-order valence-corrected chi connectivity index (χ1v) is 10.3. The molecule has 3 aliphatic rings. The second kappa shape index (κ2) is 7.43. The molecule has 1 aliphatic heterocycles. The maximum absolute atomic E-state index is 12.7. The van der Waals surface area contributed by atoms with Crippen LogP contribution in [0.5, 0.6) is 11.5 Å². The van der Waals surface area contributed by atoms with Crippen molar-refractivity contribution in [2.45, 2.75) is 19.4 Å². The molecule has 29 heavy (non-hydrogen) atoms. The third kappa shape index (κ3) is 3.30. The van der Waals surface area contributed by atoms with Gasteiger partial charge < -0.3 is 14.6 Å². The van der Waals surface area contributed by atoms with Gasteiger partial charge in [-0.05, 0) is 65.5 Å². The number of carboxylic acid groups (broad SMARTS) is 1. The Balaban J connectivity index is 1.56. The Labute approximate surface area is 180 Å². The van der Waals surface area contributed by atoms with Gasteiger partial charge in [0.15, 0.2) is 17.6 Å². The lowest BCUT2D eigenvalue weighted by atomic mass is 9.85. The minimum atomic E-state index is -1.09. The molecule has 2 bridgehead atoms. The summed E-state index contributed by atoms with van der Waals surface area (Å²) in [6.45, 7) is 1.43. The SMILES string of the molecule is COc1cc(C=NN2C(=O)[C@@H]3[C@H](C2=O)[C@H]2C=C[C@H]3C2)cc(I)c1O[C@@H](C)C(=O)O. The van der Waals surface area contributed by atoms with Gasteiger partial charge in [-0.3, -0.25) is 9.59 Å². The van der Waals surface area contributed by atoms with Gasteiger partial charge in [0.1, 0.15) is 0 Å². The zero-order chi connectivity index (χ0) is 20.9. The van der Waals surface area contributed by atoms with Crippen LogP contribution in [0.1, 0.15) is 18.9 Å². The number of hydrazone groups is 1. The Kier molecular flexibility index (Phi) is 5.09. The van der Waals surface area contributed by atoms with Crippen LogP contribution in [0.25, 0.3) is 0 Å². The molecule has 1 N–H and O–H groups in total. The van der Waals surface area contributed by atoms with Crippen LogP contribution in [0, 0.1) is 27.2 Å². The highest BCUT2D eigenvalue weighted by atomic mass is 127. The summed E-state index contributed by atoms with van der Waals surface area (Å²) in [5, 5.41) is 14.2. The van der Waals surface area contributed by atoms with E-state index in [1.807, 2.05) is 34.7 Å². The van der Waals surface area contributed by atoms with Gasteiger partial charge in [0.05, 0.1) is 28.7 Å². The van der Waals surface area contributed by atoms with Crippen LogP contribution in [0.15, 0.2) is 29.4 Å². The molecule has 0 radical (unpaired) electrons. The van der Waals surface area contributed by atoms with Crippen molar-refractivity contribution in [3.8, 4) is 11.5 Å². The number of amides is 2. The summed E-state index contributed by atoms with van der Waals surface area (Å²) >= 11 is 2.01. The second-order valence-corrected chi connectivity index (χ2v) is 8.53. The highest BCUT2D eigenvalue weighted by molar-refractivity contribution is 14.1. The van der Waals surface area contributed by atoms with Gasteiger partial charge in [-0.25, -0.2) is 4.79 Å². The average Bonchev–Trinajstić information content (AvgIpc) is 3.36. The molecule has 8 nitrogen and oxygen atoms in total. The first kappa shape index (κ1) is 19.9. The summed E-state index contributed by atoms with van der Waals surface area (Å²) in [7, 11) is 1.45. The molecule has 0 spiro atoms. The quantitative estimate of drug-likeness (QED) is 0.273. The number of benzene rings is 1. The van der Waals surface area contributed by atoms with Crippen molar-refractivity contribution < 1.29 is 29.0 Å². The fraction of sp³-hybridized carbons (Fsp3) is 0.400. The lowest BCUT2D eigenvalue weighted by Gasteiger charge is -2.16. The standard InChI is InChI=1S/C20H19IN2O6/c1-9(20(26)27)29-17-13(21)5-10(6-14(17)28-2)8-22-23-18(24)15-11-3-4-12(7-11)16(15)19(23)25/h3-6,8-9,11-12,15-16H,7H2,1-2H3,(H,26,27)/t9-,11-,12-,15-,16+/m0/s1. The molecule has 2 fully saturated rings. The lowest BCUT2D eigenvalue weighted by Crippen LogP contribution is -2.28. The van der Waals surface area contributed by atoms with Crippen molar-refractivity contribution >= 4 is 46.6 Å². The molecule has 0 unspecified atom stereocenters. The molecule has 1 saturated carbocycles. The van der Waals surface area contributed by atoms with Crippen LogP contribution in [0.3, 0.4) is 0 Å². The maximum atomic E-state index is 12.7. The van der Waals surface area contributed by atoms with Crippen LogP contribution in [0.2, 0.25) is 0 Å². The van der Waals surface area contributed by atoms with E-state index in [0.717, 1.165) is 11.4 Å². The molecular weight excluding hydrogens is 491 g/mol. The number of rotatable bonds is 6. The number of carbonyl (C=O) groups is 3. The van der Waals surface area contributed by atoms with Gasteiger partial charge in [-0.1, -0.05) is 12.2 Å². The summed E-state index contributed by atoms with van der Waals surface area (Å²) in [5.74, 6) is -1.25. The van der Waals surface area contributed by atoms with Crippen molar-refractivity contribution in [3.05, 3.63) is 33.4 Å². The van der Waals surface area contributed by atoms with E-state index in [1.165, 1.54) is 20.2 Å². The molecule has 4 rings (SSSR count). The molecule has 0 aromatic heterocycles. The number of fused-ring (bicyclic) bond motifs is 5. The fourth-order valence-corrected chi connectivity index (χ4v) is 5.03. The van der Waals surface area contributed by atoms with Crippen LogP contribution >= 0.6 is 22.6 Å². The number of hydrogen-bond acceptors (Lipinski definition) is 6. The summed E-state index contributed by atoms with van der Waals surface area (Å²) in [6, 6.07) is 3.33. The van der Waals surface area contributed by atoms with Gasteiger partial charge in [0, 0.05) is 0 Å². The predicted molar refractivity (Wildman–Crippen MR) is 111 cm³/mol. The molecule has 1 aromatic rings. The van der Waals surface area contributed by atoms with Gasteiger partial charge in [0.25, 0.3) is 11.8 Å². The second-order valence-electron chi connectivity index (χ2n) is 7.37. The predicted octanol–water partition coefficient (Wildman–Crippen LogP) is 2.29. The average molecular weight is 510 g/mol. The number of allylic oxidation sites excluding steroid dienone is 2. The van der Waals surface area contributed by atoms with E-state index in [9.17, 15) is 14.4 Å². The molecule has 5 atom stereocenters. The van der Waals surface area contributed by atoms with E-state index in [-0.39, 0.29) is 35.5 Å². The van der Waals surface area contributed by atoms with E-state index in [4.69, 9.17) is 14.6 Å². The van der Waals surface area contributed by atoms with Gasteiger partial charge in [-0.15, -0.1) is 0 Å². The molecule has 2 aliphatic carbocycles. The van der Waals surface area contributed by atoms with Crippen molar-refractivity contribution in [1.29, 1.82) is 0 Å². The summed E-state index contributed by atoms with van der Waals surface area (Å²) < 4.78 is 11.4. The number of imide groups is 1. The number of carboxylic acids is 1. The normalized spacial score (nSPS) is 28.3. The number of halogens is 1. The Morgan fingerprint density at radius 2 is 1.90 bits per heavy atom. The third-order valence-electron chi connectivity index (χ3n) is 5.66. The number of aliphatic carboxylic acids is 1. The first-order chi connectivity index (χ1) is 13.8. The molecule has 1 heterocycles.